The van der Waals surface area contributed by atoms with E-state index in [2.05, 4.69) is 30.3 Å². The van der Waals surface area contributed by atoms with Crippen molar-refractivity contribution < 1.29 is 4.74 Å². The highest BCUT2D eigenvalue weighted by Gasteiger charge is 2.62. The molecule has 1 aliphatic heterocycles. The van der Waals surface area contributed by atoms with Crippen LogP contribution in [0.15, 0.2) is 30.3 Å². The predicted molar refractivity (Wildman–Crippen MR) is 67.7 cm³/mol. The van der Waals surface area contributed by atoms with Gasteiger partial charge in [0.2, 0.25) is 0 Å². The first-order chi connectivity index (χ1) is 8.38. The van der Waals surface area contributed by atoms with Crippen LogP contribution >= 0.6 is 0 Å². The summed E-state index contributed by atoms with van der Waals surface area (Å²) < 4.78 is 6.14. The molecule has 2 saturated carbocycles. The Kier molecular flexibility index (Phi) is 2.14. The maximum Gasteiger partial charge on any atom is 0.120 e. The zero-order chi connectivity index (χ0) is 11.3. The molecule has 3 fully saturated rings. The fourth-order valence-electron chi connectivity index (χ4n) is 4.26. The normalized spacial score (nSPS) is 43.6. The second kappa shape index (κ2) is 3.58. The van der Waals surface area contributed by atoms with E-state index in [9.17, 15) is 0 Å². The zero-order valence-corrected chi connectivity index (χ0v) is 10.3. The Morgan fingerprint density at radius 2 is 1.76 bits per heavy atom. The van der Waals surface area contributed by atoms with Gasteiger partial charge in [-0.1, -0.05) is 56.0 Å². The van der Waals surface area contributed by atoms with E-state index in [1.807, 2.05) is 0 Å². The molecule has 17 heavy (non-hydrogen) atoms. The molecule has 1 heterocycles. The Morgan fingerprint density at radius 1 is 1.00 bits per heavy atom. The van der Waals surface area contributed by atoms with E-state index in [0.717, 1.165) is 11.8 Å². The second-order valence-corrected chi connectivity index (χ2v) is 6.11. The zero-order valence-electron chi connectivity index (χ0n) is 10.3. The first kappa shape index (κ1) is 10.1. The lowest BCUT2D eigenvalue weighted by atomic mass is 9.66. The van der Waals surface area contributed by atoms with Gasteiger partial charge in [-0.2, -0.15) is 0 Å². The number of benzene rings is 1. The average molecular weight is 228 g/mol. The minimum atomic E-state index is 0.125. The van der Waals surface area contributed by atoms with Crippen molar-refractivity contribution in [3.63, 3.8) is 0 Å². The third-order valence-corrected chi connectivity index (χ3v) is 5.23. The molecule has 2 aliphatic carbocycles. The van der Waals surface area contributed by atoms with Gasteiger partial charge in [0.05, 0.1) is 6.10 Å². The van der Waals surface area contributed by atoms with E-state index >= 15 is 0 Å². The Labute approximate surface area is 103 Å². The maximum absolute atomic E-state index is 6.14. The van der Waals surface area contributed by atoms with Crippen molar-refractivity contribution in [1.29, 1.82) is 0 Å². The summed E-state index contributed by atoms with van der Waals surface area (Å²) in [6.45, 7) is 0. The SMILES string of the molecule is c1ccc([C@@]23C[C@@H]4CCCC[C@@H]4C[C@@H]2O3)cc1. The lowest BCUT2D eigenvalue weighted by Crippen LogP contribution is -2.32. The van der Waals surface area contributed by atoms with E-state index in [-0.39, 0.29) is 5.60 Å². The number of ether oxygens (including phenoxy) is 1. The molecule has 1 heteroatoms. The Bertz CT molecular complexity index is 413. The Balaban J connectivity index is 1.62. The molecule has 1 nitrogen and oxygen atoms in total. The van der Waals surface area contributed by atoms with Crippen LogP contribution in [0.3, 0.4) is 0 Å². The van der Waals surface area contributed by atoms with Crippen molar-refractivity contribution in [1.82, 2.24) is 0 Å². The van der Waals surface area contributed by atoms with Crippen molar-refractivity contribution in [3.8, 4) is 0 Å². The van der Waals surface area contributed by atoms with Crippen LogP contribution in [0.5, 0.6) is 0 Å². The molecule has 1 aromatic carbocycles. The summed E-state index contributed by atoms with van der Waals surface area (Å²) in [7, 11) is 0. The summed E-state index contributed by atoms with van der Waals surface area (Å²) in [5.74, 6) is 1.90. The fraction of sp³-hybridized carbons (Fsp3) is 0.625. The summed E-state index contributed by atoms with van der Waals surface area (Å²) in [4.78, 5) is 0. The van der Waals surface area contributed by atoms with Crippen molar-refractivity contribution in [2.75, 3.05) is 0 Å². The van der Waals surface area contributed by atoms with E-state index in [1.54, 1.807) is 0 Å². The molecule has 0 aromatic heterocycles. The molecule has 1 saturated heterocycles. The van der Waals surface area contributed by atoms with Crippen LogP contribution < -0.4 is 0 Å². The van der Waals surface area contributed by atoms with Crippen LogP contribution in [0.25, 0.3) is 0 Å². The lowest BCUT2D eigenvalue weighted by Gasteiger charge is -2.36. The van der Waals surface area contributed by atoms with Crippen molar-refractivity contribution >= 4 is 0 Å². The van der Waals surface area contributed by atoms with Crippen LogP contribution in [-0.2, 0) is 10.3 Å². The second-order valence-electron chi connectivity index (χ2n) is 6.11. The molecule has 4 atom stereocenters. The quantitative estimate of drug-likeness (QED) is 0.664. The van der Waals surface area contributed by atoms with Gasteiger partial charge in [-0.25, -0.2) is 0 Å². The summed E-state index contributed by atoms with van der Waals surface area (Å²) in [5.41, 5.74) is 1.55. The number of epoxide rings is 1. The van der Waals surface area contributed by atoms with Gasteiger partial charge in [-0.3, -0.25) is 0 Å². The summed E-state index contributed by atoms with van der Waals surface area (Å²) in [5, 5.41) is 0. The smallest absolute Gasteiger partial charge is 0.120 e. The number of fused-ring (bicyclic) bond motifs is 2. The monoisotopic (exact) mass is 228 g/mol. The van der Waals surface area contributed by atoms with Gasteiger partial charge in [0.15, 0.2) is 0 Å². The molecule has 90 valence electrons. The van der Waals surface area contributed by atoms with E-state index < -0.39 is 0 Å². The van der Waals surface area contributed by atoms with E-state index in [1.165, 1.54) is 44.1 Å². The van der Waals surface area contributed by atoms with Crippen molar-refractivity contribution in [2.24, 2.45) is 11.8 Å². The highest BCUT2D eigenvalue weighted by Crippen LogP contribution is 2.60. The molecule has 0 N–H and O–H groups in total. The molecule has 0 bridgehead atoms. The lowest BCUT2D eigenvalue weighted by molar-refractivity contribution is 0.158. The summed E-state index contributed by atoms with van der Waals surface area (Å²) >= 11 is 0. The molecular weight excluding hydrogens is 208 g/mol. The minimum absolute atomic E-state index is 0.125. The molecule has 4 rings (SSSR count). The summed E-state index contributed by atoms with van der Waals surface area (Å²) in [6.07, 6.45) is 8.92. The molecule has 3 aliphatic rings. The van der Waals surface area contributed by atoms with Gasteiger partial charge in [-0.15, -0.1) is 0 Å². The first-order valence-electron chi connectivity index (χ1n) is 7.12. The first-order valence-corrected chi connectivity index (χ1v) is 7.12. The standard InChI is InChI=1S/C16H20O/c1-2-8-14(9-3-1)16-11-13-7-5-4-6-12(13)10-15(16)17-16/h1-3,8-9,12-13,15H,4-7,10-11H2/t12-,13+,15+,16+/m1/s1. The Morgan fingerprint density at radius 3 is 2.59 bits per heavy atom. The van der Waals surface area contributed by atoms with Gasteiger partial charge >= 0.3 is 0 Å². The van der Waals surface area contributed by atoms with E-state index in [4.69, 9.17) is 4.74 Å². The molecule has 1 aromatic rings. The van der Waals surface area contributed by atoms with E-state index in [0.29, 0.717) is 6.10 Å². The third kappa shape index (κ3) is 1.48. The van der Waals surface area contributed by atoms with Crippen LogP contribution in [-0.4, -0.2) is 6.10 Å². The number of hydrogen-bond acceptors (Lipinski definition) is 1. The highest BCUT2D eigenvalue weighted by molar-refractivity contribution is 5.30. The highest BCUT2D eigenvalue weighted by atomic mass is 16.6. The van der Waals surface area contributed by atoms with Gasteiger partial charge < -0.3 is 4.74 Å². The van der Waals surface area contributed by atoms with Crippen LogP contribution in [0.2, 0.25) is 0 Å². The fourth-order valence-corrected chi connectivity index (χ4v) is 4.26. The molecule has 0 amide bonds. The van der Waals surface area contributed by atoms with Crippen LogP contribution in [0.4, 0.5) is 0 Å². The molecule has 0 radical (unpaired) electrons. The molecule has 0 unspecified atom stereocenters. The predicted octanol–water partition coefficient (Wildman–Crippen LogP) is 3.88. The maximum atomic E-state index is 6.14. The Hall–Kier alpha value is -0.820. The van der Waals surface area contributed by atoms with Gasteiger partial charge in [0, 0.05) is 0 Å². The summed E-state index contributed by atoms with van der Waals surface area (Å²) in [6, 6.07) is 10.9. The average Bonchev–Trinajstić information content (AvgIpc) is 3.11. The number of hydrogen-bond donors (Lipinski definition) is 0. The third-order valence-electron chi connectivity index (χ3n) is 5.23. The van der Waals surface area contributed by atoms with Gasteiger partial charge in [0.25, 0.3) is 0 Å². The largest absolute Gasteiger partial charge is 0.361 e. The topological polar surface area (TPSA) is 12.5 Å². The van der Waals surface area contributed by atoms with Crippen LogP contribution in [0, 0.1) is 11.8 Å². The van der Waals surface area contributed by atoms with Gasteiger partial charge in [-0.05, 0) is 30.2 Å². The van der Waals surface area contributed by atoms with Crippen LogP contribution in [0.1, 0.15) is 44.1 Å². The minimum Gasteiger partial charge on any atom is -0.361 e. The van der Waals surface area contributed by atoms with Gasteiger partial charge in [0.1, 0.15) is 5.60 Å². The molecular formula is C16H20O. The van der Waals surface area contributed by atoms with Crippen molar-refractivity contribution in [3.05, 3.63) is 35.9 Å². The van der Waals surface area contributed by atoms with Crippen molar-refractivity contribution in [2.45, 2.75) is 50.2 Å². The molecule has 0 spiro atoms. The number of rotatable bonds is 1.